The van der Waals surface area contributed by atoms with Crippen LogP contribution in [-0.4, -0.2) is 33.6 Å². The van der Waals surface area contributed by atoms with Crippen molar-refractivity contribution in [3.8, 4) is 5.75 Å². The Morgan fingerprint density at radius 3 is 2.25 bits per heavy atom. The highest BCUT2D eigenvalue weighted by atomic mass is 16.5. The van der Waals surface area contributed by atoms with Crippen LogP contribution in [0.25, 0.3) is 0 Å². The van der Waals surface area contributed by atoms with Gasteiger partial charge >= 0.3 is 5.97 Å². The van der Waals surface area contributed by atoms with Crippen molar-refractivity contribution in [2.45, 2.75) is 46.3 Å². The first-order chi connectivity index (χ1) is 9.08. The average molecular weight is 280 g/mol. The number of carbonyl (C=O) groups is 2. The van der Waals surface area contributed by atoms with Crippen LogP contribution in [0.15, 0.2) is 12.1 Å². The number of carbonyl (C=O) groups excluding carboxylic acids is 1. The highest BCUT2D eigenvalue weighted by Gasteiger charge is 2.18. The molecule has 0 aliphatic carbocycles. The van der Waals surface area contributed by atoms with E-state index in [1.807, 2.05) is 34.6 Å². The van der Waals surface area contributed by atoms with Gasteiger partial charge in [0.2, 0.25) is 0 Å². The van der Waals surface area contributed by atoms with Crippen molar-refractivity contribution in [3.63, 3.8) is 0 Å². The van der Waals surface area contributed by atoms with Crippen LogP contribution < -0.4 is 10.1 Å². The number of pyridine rings is 1. The lowest BCUT2D eigenvalue weighted by Crippen LogP contribution is -2.31. The molecule has 0 aliphatic rings. The van der Waals surface area contributed by atoms with Crippen LogP contribution in [0.3, 0.4) is 0 Å². The molecule has 0 fully saturated rings. The number of hydrogen-bond donors (Lipinski definition) is 2. The zero-order chi connectivity index (χ0) is 15.5. The minimum atomic E-state index is -1.21. The molecule has 6 heteroatoms. The highest BCUT2D eigenvalue weighted by Crippen LogP contribution is 2.20. The molecule has 1 amide bonds. The topological polar surface area (TPSA) is 88.5 Å². The molecule has 1 heterocycles. The predicted octanol–water partition coefficient (Wildman–Crippen LogP) is 2.10. The summed E-state index contributed by atoms with van der Waals surface area (Å²) < 4.78 is 5.60. The molecule has 0 atom stereocenters. The molecule has 20 heavy (non-hydrogen) atoms. The Morgan fingerprint density at radius 1 is 1.25 bits per heavy atom. The molecule has 0 unspecified atom stereocenters. The molecule has 0 bridgehead atoms. The number of ether oxygens (including phenoxy) is 1. The van der Waals surface area contributed by atoms with Gasteiger partial charge in [0.05, 0.1) is 0 Å². The summed E-state index contributed by atoms with van der Waals surface area (Å²) in [5, 5.41) is 11.7. The van der Waals surface area contributed by atoms with E-state index in [1.165, 1.54) is 12.1 Å². The Bertz CT molecular complexity index is 518. The van der Waals surface area contributed by atoms with Crippen molar-refractivity contribution in [1.29, 1.82) is 0 Å². The molecule has 0 radical (unpaired) electrons. The summed E-state index contributed by atoms with van der Waals surface area (Å²) in [6.45, 7) is 9.13. The fourth-order valence-corrected chi connectivity index (χ4v) is 1.48. The van der Waals surface area contributed by atoms with Crippen LogP contribution in [0.4, 0.5) is 0 Å². The Morgan fingerprint density at radius 2 is 1.80 bits per heavy atom. The normalized spacial score (nSPS) is 11.3. The predicted molar refractivity (Wildman–Crippen MR) is 74.2 cm³/mol. The van der Waals surface area contributed by atoms with E-state index in [9.17, 15) is 9.59 Å². The van der Waals surface area contributed by atoms with Gasteiger partial charge in [-0.25, -0.2) is 9.78 Å². The molecule has 0 aliphatic heterocycles. The van der Waals surface area contributed by atoms with E-state index in [2.05, 4.69) is 10.3 Å². The fourth-order valence-electron chi connectivity index (χ4n) is 1.48. The van der Waals surface area contributed by atoms with Gasteiger partial charge in [0, 0.05) is 18.2 Å². The van der Waals surface area contributed by atoms with Crippen LogP contribution in [-0.2, 0) is 0 Å². The Hall–Kier alpha value is -2.11. The van der Waals surface area contributed by atoms with Gasteiger partial charge in [-0.05, 0) is 34.6 Å². The van der Waals surface area contributed by atoms with E-state index >= 15 is 0 Å². The lowest BCUT2D eigenvalue weighted by atomic mass is 10.2. The van der Waals surface area contributed by atoms with Gasteiger partial charge in [-0.15, -0.1) is 0 Å². The summed E-state index contributed by atoms with van der Waals surface area (Å²) in [5.74, 6) is -1.33. The van der Waals surface area contributed by atoms with Gasteiger partial charge in [-0.2, -0.15) is 0 Å². The number of amides is 1. The van der Waals surface area contributed by atoms with Crippen LogP contribution in [0, 0.1) is 0 Å². The van der Waals surface area contributed by atoms with E-state index in [4.69, 9.17) is 9.84 Å². The van der Waals surface area contributed by atoms with E-state index in [0.29, 0.717) is 5.75 Å². The van der Waals surface area contributed by atoms with Crippen molar-refractivity contribution in [3.05, 3.63) is 23.5 Å². The van der Waals surface area contributed by atoms with Crippen molar-refractivity contribution in [2.24, 2.45) is 0 Å². The molecule has 6 nitrogen and oxygen atoms in total. The monoisotopic (exact) mass is 280 g/mol. The Balaban J connectivity index is 3.17. The minimum Gasteiger partial charge on any atom is -0.488 e. The van der Waals surface area contributed by atoms with Crippen molar-refractivity contribution in [2.75, 3.05) is 0 Å². The summed E-state index contributed by atoms with van der Waals surface area (Å²) in [7, 11) is 0. The van der Waals surface area contributed by atoms with Gasteiger partial charge in [0.25, 0.3) is 5.91 Å². The first kappa shape index (κ1) is 15.9. The number of carboxylic acids is 1. The second-order valence-electron chi connectivity index (χ2n) is 5.72. The van der Waals surface area contributed by atoms with E-state index in [0.717, 1.165) is 0 Å². The summed E-state index contributed by atoms with van der Waals surface area (Å²) in [6, 6.07) is 2.68. The van der Waals surface area contributed by atoms with Gasteiger partial charge in [-0.1, -0.05) is 0 Å². The summed E-state index contributed by atoms with van der Waals surface area (Å²) >= 11 is 0. The summed E-state index contributed by atoms with van der Waals surface area (Å²) in [6.07, 6.45) is 0. The molecule has 0 saturated heterocycles. The third kappa shape index (κ3) is 4.87. The molecular weight excluding hydrogens is 260 g/mol. The quantitative estimate of drug-likeness (QED) is 0.881. The molecule has 0 spiro atoms. The lowest BCUT2D eigenvalue weighted by molar-refractivity contribution is 0.0687. The van der Waals surface area contributed by atoms with Crippen molar-refractivity contribution < 1.29 is 19.4 Å². The van der Waals surface area contributed by atoms with Crippen molar-refractivity contribution in [1.82, 2.24) is 10.3 Å². The molecule has 2 N–H and O–H groups in total. The van der Waals surface area contributed by atoms with E-state index in [-0.39, 0.29) is 17.4 Å². The summed E-state index contributed by atoms with van der Waals surface area (Å²) in [4.78, 5) is 26.8. The largest absolute Gasteiger partial charge is 0.488 e. The van der Waals surface area contributed by atoms with Crippen molar-refractivity contribution >= 4 is 11.9 Å². The smallest absolute Gasteiger partial charge is 0.354 e. The second-order valence-corrected chi connectivity index (χ2v) is 5.72. The number of aromatic nitrogens is 1. The number of nitrogens with zero attached hydrogens (tertiary/aromatic N) is 1. The lowest BCUT2D eigenvalue weighted by Gasteiger charge is -2.21. The molecule has 1 rings (SSSR count). The molecule has 1 aromatic rings. The maximum atomic E-state index is 11.9. The number of hydrogen-bond acceptors (Lipinski definition) is 4. The zero-order valence-electron chi connectivity index (χ0n) is 12.4. The third-order valence-corrected chi connectivity index (χ3v) is 2.09. The second kappa shape index (κ2) is 5.90. The average Bonchev–Trinajstić information content (AvgIpc) is 2.25. The SMILES string of the molecule is CC(C)NC(=O)c1cc(OC(C)(C)C)cc(C(=O)O)n1. The number of carboxylic acid groups (broad SMARTS) is 1. The number of aromatic carboxylic acids is 1. The molecule has 0 aromatic carbocycles. The fraction of sp³-hybridized carbons (Fsp3) is 0.500. The number of nitrogens with one attached hydrogen (secondary N) is 1. The zero-order valence-corrected chi connectivity index (χ0v) is 12.4. The first-order valence-corrected chi connectivity index (χ1v) is 6.34. The molecule has 1 aromatic heterocycles. The van der Waals surface area contributed by atoms with E-state index in [1.54, 1.807) is 0 Å². The van der Waals surface area contributed by atoms with Crippen LogP contribution in [0.1, 0.15) is 55.6 Å². The van der Waals surface area contributed by atoms with Gasteiger partial charge < -0.3 is 15.2 Å². The van der Waals surface area contributed by atoms with E-state index < -0.39 is 17.5 Å². The van der Waals surface area contributed by atoms with Gasteiger partial charge in [0.15, 0.2) is 5.69 Å². The maximum Gasteiger partial charge on any atom is 0.354 e. The van der Waals surface area contributed by atoms with Crippen LogP contribution in [0.2, 0.25) is 0 Å². The van der Waals surface area contributed by atoms with Crippen LogP contribution >= 0.6 is 0 Å². The standard InChI is InChI=1S/C14H20N2O4/c1-8(2)15-12(17)10-6-9(20-14(3,4)5)7-11(16-10)13(18)19/h6-8H,1-5H3,(H,15,17)(H,18,19). The minimum absolute atomic E-state index is 0.0258. The third-order valence-electron chi connectivity index (χ3n) is 2.09. The molecule has 110 valence electrons. The Labute approximate surface area is 118 Å². The van der Waals surface area contributed by atoms with Crippen LogP contribution in [0.5, 0.6) is 5.75 Å². The highest BCUT2D eigenvalue weighted by molar-refractivity contribution is 5.95. The summed E-state index contributed by atoms with van der Waals surface area (Å²) in [5.41, 5.74) is -0.693. The van der Waals surface area contributed by atoms with Gasteiger partial charge in [0.1, 0.15) is 17.0 Å². The molecule has 0 saturated carbocycles. The first-order valence-electron chi connectivity index (χ1n) is 6.34. The molecular formula is C14H20N2O4. The number of rotatable bonds is 4. The Kier molecular flexibility index (Phi) is 4.70. The van der Waals surface area contributed by atoms with Gasteiger partial charge in [-0.3, -0.25) is 4.79 Å². The maximum absolute atomic E-state index is 11.9.